The van der Waals surface area contributed by atoms with Crippen LogP contribution in [0.3, 0.4) is 0 Å². The molecule has 0 amide bonds. The van der Waals surface area contributed by atoms with Crippen molar-refractivity contribution in [3.63, 3.8) is 0 Å². The molecule has 4 rings (SSSR count). The lowest BCUT2D eigenvalue weighted by Crippen LogP contribution is -2.40. The molecule has 0 saturated carbocycles. The first-order valence-electron chi connectivity index (χ1n) is 8.82. The van der Waals surface area contributed by atoms with Gasteiger partial charge < -0.3 is 9.64 Å². The molecule has 3 fully saturated rings. The second-order valence-corrected chi connectivity index (χ2v) is 10.3. The van der Waals surface area contributed by atoms with Crippen LogP contribution in [0.2, 0.25) is 5.02 Å². The summed E-state index contributed by atoms with van der Waals surface area (Å²) >= 11 is 6.15. The van der Waals surface area contributed by atoms with E-state index < -0.39 is 10.0 Å². The summed E-state index contributed by atoms with van der Waals surface area (Å²) in [5.41, 5.74) is 0.332. The van der Waals surface area contributed by atoms with Crippen LogP contribution in [0.5, 0.6) is 0 Å². The maximum absolute atomic E-state index is 13.2. The Morgan fingerprint density at radius 2 is 2.16 bits per heavy atom. The van der Waals surface area contributed by atoms with E-state index in [-0.39, 0.29) is 17.6 Å². The molecule has 138 valence electrons. The highest BCUT2D eigenvalue weighted by atomic mass is 35.5. The Bertz CT molecular complexity index is 798. The van der Waals surface area contributed by atoms with Gasteiger partial charge in [-0.1, -0.05) is 17.7 Å². The van der Waals surface area contributed by atoms with Gasteiger partial charge in [0.2, 0.25) is 10.0 Å². The number of rotatable bonds is 4. The Morgan fingerprint density at radius 1 is 1.40 bits per heavy atom. The predicted octanol–water partition coefficient (Wildman–Crippen LogP) is 2.38. The van der Waals surface area contributed by atoms with E-state index in [9.17, 15) is 8.42 Å². The molecule has 0 unspecified atom stereocenters. The topological polar surface area (TPSA) is 49.9 Å². The Labute approximate surface area is 154 Å². The van der Waals surface area contributed by atoms with Crippen LogP contribution < -0.4 is 0 Å². The molecule has 3 saturated heterocycles. The molecule has 0 radical (unpaired) electrons. The zero-order chi connectivity index (χ0) is 18.0. The van der Waals surface area contributed by atoms with Crippen molar-refractivity contribution in [3.8, 4) is 0 Å². The van der Waals surface area contributed by atoms with Gasteiger partial charge in [-0.15, -0.1) is 0 Å². The Hall–Kier alpha value is -0.660. The standard InChI is InChI=1S/C18H25ClN2O3S/c1-12-15(19)5-4-6-17(12)25(22,23)21-10-14-13(9-20(2)3)16-7-8-18(14,11-21)24-16/h4-6,13-14,16H,7-11H2,1-3H3/t13-,14+,16+,18+/m0/s1. The molecule has 4 atom stereocenters. The van der Waals surface area contributed by atoms with E-state index in [4.69, 9.17) is 16.3 Å². The van der Waals surface area contributed by atoms with Gasteiger partial charge in [0.25, 0.3) is 0 Å². The van der Waals surface area contributed by atoms with Gasteiger partial charge in [-0.05, 0) is 51.6 Å². The van der Waals surface area contributed by atoms with E-state index in [1.807, 2.05) is 0 Å². The van der Waals surface area contributed by atoms with Crippen LogP contribution in [-0.4, -0.2) is 63.1 Å². The highest BCUT2D eigenvalue weighted by molar-refractivity contribution is 7.89. The molecule has 1 aromatic carbocycles. The predicted molar refractivity (Wildman–Crippen MR) is 97.3 cm³/mol. The average Bonchev–Trinajstić information content (AvgIpc) is 3.19. The number of fused-ring (bicyclic) bond motifs is 1. The van der Waals surface area contributed by atoms with Gasteiger partial charge >= 0.3 is 0 Å². The molecule has 0 N–H and O–H groups in total. The molecule has 1 aromatic rings. The number of benzene rings is 1. The monoisotopic (exact) mass is 384 g/mol. The van der Waals surface area contributed by atoms with Crippen molar-refractivity contribution < 1.29 is 13.2 Å². The third kappa shape index (κ3) is 2.65. The van der Waals surface area contributed by atoms with E-state index in [0.29, 0.717) is 34.5 Å². The number of halogens is 1. The fraction of sp³-hybridized carbons (Fsp3) is 0.667. The summed E-state index contributed by atoms with van der Waals surface area (Å²) in [6, 6.07) is 5.08. The van der Waals surface area contributed by atoms with Crippen LogP contribution in [0.25, 0.3) is 0 Å². The number of ether oxygens (including phenoxy) is 1. The van der Waals surface area contributed by atoms with Crippen molar-refractivity contribution in [2.75, 3.05) is 33.7 Å². The summed E-state index contributed by atoms with van der Waals surface area (Å²) in [6.07, 6.45) is 2.29. The maximum atomic E-state index is 13.2. The van der Waals surface area contributed by atoms with E-state index in [1.54, 1.807) is 29.4 Å². The van der Waals surface area contributed by atoms with Gasteiger partial charge in [0.05, 0.1) is 16.6 Å². The van der Waals surface area contributed by atoms with E-state index >= 15 is 0 Å². The summed E-state index contributed by atoms with van der Waals surface area (Å²) in [7, 11) is 0.574. The van der Waals surface area contributed by atoms with Gasteiger partial charge in [-0.3, -0.25) is 0 Å². The first-order chi connectivity index (χ1) is 11.7. The summed E-state index contributed by atoms with van der Waals surface area (Å²) in [6.45, 7) is 3.72. The minimum atomic E-state index is -3.56. The SMILES string of the molecule is Cc1c(Cl)cccc1S(=O)(=O)N1C[C@@H]2[C@H](CN(C)C)[C@H]3CC[C@]2(C1)O3. The molecule has 3 aliphatic rings. The number of nitrogens with zero attached hydrogens (tertiary/aromatic N) is 2. The van der Waals surface area contributed by atoms with Gasteiger partial charge in [0.1, 0.15) is 0 Å². The van der Waals surface area contributed by atoms with Crippen LogP contribution in [0.4, 0.5) is 0 Å². The van der Waals surface area contributed by atoms with Gasteiger partial charge in [0, 0.05) is 36.5 Å². The molecule has 7 heteroatoms. The van der Waals surface area contributed by atoms with Crippen molar-refractivity contribution >= 4 is 21.6 Å². The van der Waals surface area contributed by atoms with Gasteiger partial charge in [-0.2, -0.15) is 4.31 Å². The van der Waals surface area contributed by atoms with Crippen LogP contribution in [0, 0.1) is 18.8 Å². The van der Waals surface area contributed by atoms with E-state index in [2.05, 4.69) is 19.0 Å². The quantitative estimate of drug-likeness (QED) is 0.799. The third-order valence-electron chi connectivity index (χ3n) is 6.16. The lowest BCUT2D eigenvalue weighted by molar-refractivity contribution is 0.00739. The summed E-state index contributed by atoms with van der Waals surface area (Å²) < 4.78 is 34.5. The van der Waals surface area contributed by atoms with E-state index in [0.717, 1.165) is 19.4 Å². The smallest absolute Gasteiger partial charge is 0.243 e. The zero-order valence-corrected chi connectivity index (χ0v) is 16.5. The molecular weight excluding hydrogens is 360 g/mol. The molecule has 25 heavy (non-hydrogen) atoms. The molecule has 3 aliphatic heterocycles. The fourth-order valence-corrected chi connectivity index (χ4v) is 7.00. The zero-order valence-electron chi connectivity index (χ0n) is 14.9. The second kappa shape index (κ2) is 5.92. The molecule has 0 aliphatic carbocycles. The summed E-state index contributed by atoms with van der Waals surface area (Å²) in [5.74, 6) is 0.687. The Balaban J connectivity index is 1.65. The van der Waals surface area contributed by atoms with Crippen LogP contribution >= 0.6 is 11.6 Å². The summed E-state index contributed by atoms with van der Waals surface area (Å²) in [4.78, 5) is 2.50. The third-order valence-corrected chi connectivity index (χ3v) is 8.53. The number of sulfonamides is 1. The average molecular weight is 385 g/mol. The van der Waals surface area contributed by atoms with Crippen molar-refractivity contribution in [2.24, 2.45) is 11.8 Å². The number of hydrogen-bond donors (Lipinski definition) is 0. The van der Waals surface area contributed by atoms with Gasteiger partial charge in [-0.25, -0.2) is 8.42 Å². The fourth-order valence-electron chi connectivity index (χ4n) is 5.00. The van der Waals surface area contributed by atoms with Crippen molar-refractivity contribution in [3.05, 3.63) is 28.8 Å². The first-order valence-corrected chi connectivity index (χ1v) is 10.6. The molecular formula is C18H25ClN2O3S. The minimum Gasteiger partial charge on any atom is -0.370 e. The van der Waals surface area contributed by atoms with E-state index in [1.165, 1.54) is 0 Å². The maximum Gasteiger partial charge on any atom is 0.243 e. The van der Waals surface area contributed by atoms with Crippen molar-refractivity contribution in [2.45, 2.75) is 36.4 Å². The molecule has 3 heterocycles. The van der Waals surface area contributed by atoms with Crippen LogP contribution in [0.1, 0.15) is 18.4 Å². The Kier molecular flexibility index (Phi) is 4.20. The molecule has 2 bridgehead atoms. The van der Waals surface area contributed by atoms with Crippen LogP contribution in [0.15, 0.2) is 23.1 Å². The largest absolute Gasteiger partial charge is 0.370 e. The lowest BCUT2D eigenvalue weighted by atomic mass is 9.73. The molecule has 5 nitrogen and oxygen atoms in total. The molecule has 1 spiro atoms. The Morgan fingerprint density at radius 3 is 2.88 bits per heavy atom. The van der Waals surface area contributed by atoms with Crippen LogP contribution in [-0.2, 0) is 14.8 Å². The molecule has 0 aromatic heterocycles. The lowest BCUT2D eigenvalue weighted by Gasteiger charge is -2.31. The first kappa shape index (κ1) is 17.7. The summed E-state index contributed by atoms with van der Waals surface area (Å²) in [5, 5.41) is 0.487. The van der Waals surface area contributed by atoms with Crippen molar-refractivity contribution in [1.82, 2.24) is 9.21 Å². The highest BCUT2D eigenvalue weighted by Gasteiger charge is 2.64. The van der Waals surface area contributed by atoms with Crippen molar-refractivity contribution in [1.29, 1.82) is 0 Å². The minimum absolute atomic E-state index is 0.280. The second-order valence-electron chi connectivity index (χ2n) is 7.95. The van der Waals surface area contributed by atoms with Gasteiger partial charge in [0.15, 0.2) is 0 Å². The normalized spacial score (nSPS) is 34.8. The number of hydrogen-bond acceptors (Lipinski definition) is 4. The highest BCUT2D eigenvalue weighted by Crippen LogP contribution is 2.55.